The molecule has 0 rings (SSSR count). The van der Waals surface area contributed by atoms with Crippen molar-refractivity contribution in [3.05, 3.63) is 0 Å². The van der Waals surface area contributed by atoms with Crippen LogP contribution in [0.5, 0.6) is 0 Å². The lowest BCUT2D eigenvalue weighted by Crippen LogP contribution is -2.11. The van der Waals surface area contributed by atoms with Gasteiger partial charge in [0, 0.05) is 5.92 Å². The van der Waals surface area contributed by atoms with Crippen molar-refractivity contribution < 1.29 is 5.11 Å². The van der Waals surface area contributed by atoms with Gasteiger partial charge in [0.15, 0.2) is 0 Å². The molecule has 0 radical (unpaired) electrons. The third-order valence-corrected chi connectivity index (χ3v) is 1.15. The van der Waals surface area contributed by atoms with Crippen molar-refractivity contribution >= 4 is 0 Å². The quantitative estimate of drug-likeness (QED) is 0.549. The molecule has 1 heteroatoms. The smallest absolute Gasteiger partial charge is 0.117 e. The van der Waals surface area contributed by atoms with Gasteiger partial charge in [-0.2, -0.15) is 0 Å². The summed E-state index contributed by atoms with van der Waals surface area (Å²) in [7, 11) is 0. The van der Waals surface area contributed by atoms with E-state index in [1.54, 1.807) is 0 Å². The van der Waals surface area contributed by atoms with Crippen LogP contribution in [0.4, 0.5) is 0 Å². The average molecular weight is 140 g/mol. The van der Waals surface area contributed by atoms with E-state index >= 15 is 0 Å². The van der Waals surface area contributed by atoms with Gasteiger partial charge in [0.25, 0.3) is 0 Å². The minimum atomic E-state index is -0.456. The molecule has 0 saturated heterocycles. The van der Waals surface area contributed by atoms with Crippen LogP contribution in [0.1, 0.15) is 27.7 Å². The molecule has 0 aromatic carbocycles. The first-order valence-corrected chi connectivity index (χ1v) is 3.73. The summed E-state index contributed by atoms with van der Waals surface area (Å²) in [5, 5.41) is 9.20. The molecule has 0 aliphatic rings. The van der Waals surface area contributed by atoms with Gasteiger partial charge in [0.05, 0.1) is 0 Å². The van der Waals surface area contributed by atoms with E-state index in [-0.39, 0.29) is 5.92 Å². The van der Waals surface area contributed by atoms with Crippen molar-refractivity contribution in [3.8, 4) is 11.8 Å². The molecule has 0 saturated carbocycles. The largest absolute Gasteiger partial charge is 0.380 e. The van der Waals surface area contributed by atoms with Gasteiger partial charge in [-0.15, -0.1) is 0 Å². The Balaban J connectivity index is 3.80. The van der Waals surface area contributed by atoms with E-state index in [2.05, 4.69) is 11.8 Å². The Labute approximate surface area is 63.5 Å². The van der Waals surface area contributed by atoms with Crippen LogP contribution < -0.4 is 0 Å². The molecule has 1 N–H and O–H groups in total. The van der Waals surface area contributed by atoms with Gasteiger partial charge in [-0.05, 0) is 5.92 Å². The molecule has 1 nitrogen and oxygen atoms in total. The Morgan fingerprint density at radius 1 is 1.00 bits per heavy atom. The summed E-state index contributed by atoms with van der Waals surface area (Å²) >= 11 is 0. The first-order valence-electron chi connectivity index (χ1n) is 3.73. The zero-order valence-electron chi connectivity index (χ0n) is 7.18. The van der Waals surface area contributed by atoms with Crippen molar-refractivity contribution in [2.45, 2.75) is 33.8 Å². The zero-order valence-corrected chi connectivity index (χ0v) is 7.18. The van der Waals surface area contributed by atoms with E-state index in [1.165, 1.54) is 0 Å². The highest BCUT2D eigenvalue weighted by Crippen LogP contribution is 1.99. The number of aliphatic hydroxyl groups excluding tert-OH is 1. The summed E-state index contributed by atoms with van der Waals surface area (Å²) in [6.45, 7) is 7.94. The van der Waals surface area contributed by atoms with Crippen LogP contribution in [0, 0.1) is 23.7 Å². The van der Waals surface area contributed by atoms with Crippen molar-refractivity contribution in [3.63, 3.8) is 0 Å². The molecule has 10 heavy (non-hydrogen) atoms. The molecule has 0 unspecified atom stereocenters. The maximum atomic E-state index is 9.20. The molecule has 0 fully saturated rings. The summed E-state index contributed by atoms with van der Waals surface area (Å²) in [5.41, 5.74) is 0. The van der Waals surface area contributed by atoms with Gasteiger partial charge in [-0.1, -0.05) is 39.5 Å². The Hall–Kier alpha value is -0.480. The molecule has 58 valence electrons. The number of rotatable bonds is 1. The number of aliphatic hydroxyl groups is 1. The lowest BCUT2D eigenvalue weighted by Gasteiger charge is -2.05. The Morgan fingerprint density at radius 2 is 1.50 bits per heavy atom. The molecule has 0 heterocycles. The second-order valence-corrected chi connectivity index (χ2v) is 3.13. The molecular formula is C9H16O. The normalized spacial score (nSPS) is 13.1. The van der Waals surface area contributed by atoms with Crippen LogP contribution in [-0.4, -0.2) is 11.2 Å². The highest BCUT2D eigenvalue weighted by Gasteiger charge is 2.03. The third kappa shape index (κ3) is 4.40. The number of hydrogen-bond acceptors (Lipinski definition) is 1. The van der Waals surface area contributed by atoms with Gasteiger partial charge in [-0.3, -0.25) is 0 Å². The van der Waals surface area contributed by atoms with Gasteiger partial charge >= 0.3 is 0 Å². The van der Waals surface area contributed by atoms with E-state index in [1.807, 2.05) is 27.7 Å². The van der Waals surface area contributed by atoms with E-state index < -0.39 is 6.10 Å². The molecule has 1 atom stereocenters. The minimum Gasteiger partial charge on any atom is -0.380 e. The monoisotopic (exact) mass is 140 g/mol. The molecule has 0 amide bonds. The van der Waals surface area contributed by atoms with Crippen molar-refractivity contribution in [1.29, 1.82) is 0 Å². The Morgan fingerprint density at radius 3 is 1.80 bits per heavy atom. The van der Waals surface area contributed by atoms with E-state index in [4.69, 9.17) is 0 Å². The van der Waals surface area contributed by atoms with Crippen LogP contribution in [-0.2, 0) is 0 Å². The Bertz CT molecular complexity index is 137. The summed E-state index contributed by atoms with van der Waals surface area (Å²) < 4.78 is 0. The average Bonchev–Trinajstić information content (AvgIpc) is 1.82. The summed E-state index contributed by atoms with van der Waals surface area (Å²) in [6, 6.07) is 0. The van der Waals surface area contributed by atoms with Gasteiger partial charge in [0.1, 0.15) is 6.10 Å². The van der Waals surface area contributed by atoms with Gasteiger partial charge in [-0.25, -0.2) is 0 Å². The standard InChI is InChI=1S/C9H16O/c1-7(2)5-6-9(10)8(3)4/h7-10H,1-4H3/t9-/m0/s1. The van der Waals surface area contributed by atoms with Crippen molar-refractivity contribution in [2.75, 3.05) is 0 Å². The first-order chi connectivity index (χ1) is 4.54. The maximum Gasteiger partial charge on any atom is 0.117 e. The third-order valence-electron chi connectivity index (χ3n) is 1.15. The SMILES string of the molecule is CC(C)C#C[C@H](O)C(C)C. The maximum absolute atomic E-state index is 9.20. The van der Waals surface area contributed by atoms with Crippen LogP contribution in [0.2, 0.25) is 0 Å². The summed E-state index contributed by atoms with van der Waals surface area (Å²) in [6.07, 6.45) is -0.456. The number of hydrogen-bond donors (Lipinski definition) is 1. The second-order valence-electron chi connectivity index (χ2n) is 3.13. The van der Waals surface area contributed by atoms with Crippen LogP contribution >= 0.6 is 0 Å². The van der Waals surface area contributed by atoms with Crippen LogP contribution in [0.25, 0.3) is 0 Å². The highest BCUT2D eigenvalue weighted by atomic mass is 16.3. The first kappa shape index (κ1) is 9.52. The molecule has 0 aliphatic heterocycles. The highest BCUT2D eigenvalue weighted by molar-refractivity contribution is 5.06. The van der Waals surface area contributed by atoms with Crippen molar-refractivity contribution in [1.82, 2.24) is 0 Å². The second kappa shape index (κ2) is 4.35. The Kier molecular flexibility index (Phi) is 4.14. The lowest BCUT2D eigenvalue weighted by atomic mass is 10.1. The van der Waals surface area contributed by atoms with Gasteiger partial charge < -0.3 is 5.11 Å². The van der Waals surface area contributed by atoms with Crippen LogP contribution in [0.15, 0.2) is 0 Å². The van der Waals surface area contributed by atoms with Gasteiger partial charge in [0.2, 0.25) is 0 Å². The molecule has 0 bridgehead atoms. The van der Waals surface area contributed by atoms with E-state index in [0.29, 0.717) is 5.92 Å². The molecule has 0 aliphatic carbocycles. The molecular weight excluding hydrogens is 124 g/mol. The fourth-order valence-corrected chi connectivity index (χ4v) is 0.419. The summed E-state index contributed by atoms with van der Waals surface area (Å²) in [5.74, 6) is 6.31. The topological polar surface area (TPSA) is 20.2 Å². The summed E-state index contributed by atoms with van der Waals surface area (Å²) in [4.78, 5) is 0. The zero-order chi connectivity index (χ0) is 8.15. The van der Waals surface area contributed by atoms with E-state index in [0.717, 1.165) is 0 Å². The predicted octanol–water partition coefficient (Wildman–Crippen LogP) is 1.66. The fraction of sp³-hybridized carbons (Fsp3) is 0.778. The minimum absolute atomic E-state index is 0.242. The molecule has 0 aromatic heterocycles. The molecule has 0 aromatic rings. The predicted molar refractivity (Wildman–Crippen MR) is 43.5 cm³/mol. The lowest BCUT2D eigenvalue weighted by molar-refractivity contribution is 0.181. The fourth-order valence-electron chi connectivity index (χ4n) is 0.419. The molecule has 0 spiro atoms. The van der Waals surface area contributed by atoms with Crippen LogP contribution in [0.3, 0.4) is 0 Å². The van der Waals surface area contributed by atoms with E-state index in [9.17, 15) is 5.11 Å². The van der Waals surface area contributed by atoms with Crippen molar-refractivity contribution in [2.24, 2.45) is 11.8 Å².